The summed E-state index contributed by atoms with van der Waals surface area (Å²) in [6, 6.07) is 38.8. The number of ether oxygens (including phenoxy) is 1. The molecule has 0 saturated heterocycles. The summed E-state index contributed by atoms with van der Waals surface area (Å²) in [4.78, 5) is 12.2. The number of benzene rings is 5. The van der Waals surface area contributed by atoms with Crippen LogP contribution in [0.25, 0.3) is 0 Å². The predicted octanol–water partition coefficient (Wildman–Crippen LogP) is 9.63. The third-order valence-electron chi connectivity index (χ3n) is 7.07. The number of carbonyl (C=O) groups excluding carboxylic acids is 1. The third-order valence-corrected chi connectivity index (χ3v) is 17.2. The Morgan fingerprint density at radius 3 is 1.63 bits per heavy atom. The molecular weight excluding hydrogens is 681 g/mol. The van der Waals surface area contributed by atoms with Crippen LogP contribution in [0.3, 0.4) is 0 Å². The third kappa shape index (κ3) is 6.18. The van der Waals surface area contributed by atoms with E-state index in [0.29, 0.717) is 16.3 Å². The summed E-state index contributed by atoms with van der Waals surface area (Å²) in [6.07, 6.45) is -4.96. The molecule has 0 aromatic heterocycles. The fourth-order valence-electron chi connectivity index (χ4n) is 5.02. The van der Waals surface area contributed by atoms with Crippen molar-refractivity contribution in [3.05, 3.63) is 143 Å². The molecule has 0 fully saturated rings. The van der Waals surface area contributed by atoms with Gasteiger partial charge in [-0.2, -0.15) is 0 Å². The van der Waals surface area contributed by atoms with E-state index in [1.807, 2.05) is 91.0 Å². The van der Waals surface area contributed by atoms with Crippen LogP contribution in [0.15, 0.2) is 127 Å². The van der Waals surface area contributed by atoms with Gasteiger partial charge in [0.2, 0.25) is 0 Å². The van der Waals surface area contributed by atoms with Gasteiger partial charge in [-0.05, 0) is 0 Å². The van der Waals surface area contributed by atoms with Gasteiger partial charge in [0, 0.05) is 0 Å². The van der Waals surface area contributed by atoms with Crippen LogP contribution < -0.4 is 26.0 Å². The number of amides is 1. The Morgan fingerprint density at radius 1 is 0.698 bits per heavy atom. The van der Waals surface area contributed by atoms with Crippen molar-refractivity contribution < 1.29 is 22.7 Å². The molecule has 0 spiro atoms. The van der Waals surface area contributed by atoms with Crippen LogP contribution in [0.1, 0.15) is 5.56 Å². The average Bonchev–Trinajstić information content (AvgIpc) is 3.01. The van der Waals surface area contributed by atoms with Gasteiger partial charge < -0.3 is 0 Å². The Hall–Kier alpha value is -3.35. The second kappa shape index (κ2) is 12.3. The van der Waals surface area contributed by atoms with Gasteiger partial charge in [-0.3, -0.25) is 0 Å². The molecule has 0 aliphatic rings. The van der Waals surface area contributed by atoms with Gasteiger partial charge in [0.1, 0.15) is 0 Å². The summed E-state index contributed by atoms with van der Waals surface area (Å²) in [5.41, 5.74) is 0.283. The van der Waals surface area contributed by atoms with E-state index in [1.165, 1.54) is 6.07 Å². The first kappa shape index (κ1) is 31.1. The molecule has 5 aromatic rings. The fraction of sp³-hybridized carbons (Fsp3) is 0.0606. The number of anilines is 1. The van der Waals surface area contributed by atoms with Crippen LogP contribution in [-0.2, 0) is 11.0 Å². The number of nitrogens with one attached hydrogen (secondary N) is 1. The van der Waals surface area contributed by atoms with Crippen LogP contribution in [-0.4, -0.2) is 12.1 Å². The Kier molecular flexibility index (Phi) is 8.92. The molecule has 0 aliphatic carbocycles. The summed E-state index contributed by atoms with van der Waals surface area (Å²) in [5, 5.41) is 1.47. The van der Waals surface area contributed by atoms with Gasteiger partial charge in [0.15, 0.2) is 0 Å². The average molecular weight is 705 g/mol. The molecular formula is C33H24BrCl2F3NO2P. The van der Waals surface area contributed by atoms with E-state index in [4.69, 9.17) is 27.9 Å². The Labute approximate surface area is 265 Å². The number of rotatable bonds is 8. The molecule has 10 heteroatoms. The predicted molar refractivity (Wildman–Crippen MR) is 175 cm³/mol. The Morgan fingerprint density at radius 2 is 1.16 bits per heavy atom. The molecule has 3 nitrogen and oxygen atoms in total. The molecule has 5 rings (SSSR count). The summed E-state index contributed by atoms with van der Waals surface area (Å²) in [6.45, 7) is 0. The summed E-state index contributed by atoms with van der Waals surface area (Å²) < 4.78 is 46.6. The summed E-state index contributed by atoms with van der Waals surface area (Å²) in [5.74, 6) is -1.63. The van der Waals surface area contributed by atoms with Crippen molar-refractivity contribution in [3.8, 4) is 11.5 Å². The summed E-state index contributed by atoms with van der Waals surface area (Å²) >= 11 is 17.2. The molecule has 0 heterocycles. The van der Waals surface area contributed by atoms with Gasteiger partial charge in [-0.15, -0.1) is 0 Å². The van der Waals surface area contributed by atoms with E-state index in [0.717, 1.165) is 15.9 Å². The molecule has 5 aromatic carbocycles. The van der Waals surface area contributed by atoms with Gasteiger partial charge >= 0.3 is 266 Å². The van der Waals surface area contributed by atoms with Gasteiger partial charge in [-0.25, -0.2) is 0 Å². The van der Waals surface area contributed by atoms with Crippen molar-refractivity contribution in [2.45, 2.75) is 12.3 Å². The van der Waals surface area contributed by atoms with Gasteiger partial charge in [0.05, 0.1) is 0 Å². The maximum absolute atomic E-state index is 13.5. The van der Waals surface area contributed by atoms with E-state index >= 15 is 0 Å². The fourth-order valence-corrected chi connectivity index (χ4v) is 13.1. The topological polar surface area (TPSA) is 38.3 Å². The monoisotopic (exact) mass is 703 g/mol. The maximum atomic E-state index is 13.5. The Balaban J connectivity index is 1.80. The molecule has 0 bridgehead atoms. The number of carbonyl (C=O) groups is 1. The van der Waals surface area contributed by atoms with E-state index in [1.54, 1.807) is 30.3 Å². The first-order valence-corrected chi connectivity index (χ1v) is 18.2. The first-order chi connectivity index (χ1) is 20.5. The quantitative estimate of drug-likeness (QED) is 0.163. The molecule has 220 valence electrons. The number of alkyl halides is 3. The van der Waals surface area contributed by atoms with E-state index in [9.17, 15) is 18.0 Å². The minimum atomic E-state index is -5.12. The van der Waals surface area contributed by atoms with E-state index in [-0.39, 0.29) is 22.6 Å². The molecule has 0 atom stereocenters. The van der Waals surface area contributed by atoms with E-state index in [2.05, 4.69) is 20.8 Å². The second-order valence-electron chi connectivity index (χ2n) is 9.77. The number of hydrogen-bond donors (Lipinski definition) is 1. The van der Waals surface area contributed by atoms with E-state index < -0.39 is 17.4 Å². The van der Waals surface area contributed by atoms with Crippen molar-refractivity contribution in [2.75, 3.05) is 5.32 Å². The molecule has 1 N–H and O–H groups in total. The normalized spacial score (nSPS) is 12.7. The van der Waals surface area contributed by atoms with Crippen LogP contribution in [0, 0.1) is 0 Å². The van der Waals surface area contributed by atoms with Crippen molar-refractivity contribution in [2.24, 2.45) is 0 Å². The molecule has 43 heavy (non-hydrogen) atoms. The Bertz CT molecular complexity index is 1660. The van der Waals surface area contributed by atoms with Gasteiger partial charge in [-0.1, -0.05) is 0 Å². The zero-order valence-electron chi connectivity index (χ0n) is 22.4. The molecule has 0 radical (unpaired) electrons. The number of para-hydroxylation sites is 1. The van der Waals surface area contributed by atoms with Crippen LogP contribution in [0.4, 0.5) is 18.9 Å². The molecule has 0 saturated carbocycles. The van der Waals surface area contributed by atoms with Gasteiger partial charge in [0.25, 0.3) is 0 Å². The zero-order chi connectivity index (χ0) is 30.7. The van der Waals surface area contributed by atoms with Crippen molar-refractivity contribution >= 4 is 71.5 Å². The second-order valence-corrected chi connectivity index (χ2v) is 19.5. The SMILES string of the molecule is O=C(Nc1cc(Cl)c(Oc2ccccc2Cl)cc1CP(Br)(c1ccccc1)(c1ccccc1)c1ccccc1)C(F)(F)F. The molecule has 0 unspecified atom stereocenters. The van der Waals surface area contributed by atoms with Crippen molar-refractivity contribution in [3.63, 3.8) is 0 Å². The van der Waals surface area contributed by atoms with Crippen LogP contribution in [0.5, 0.6) is 11.5 Å². The zero-order valence-corrected chi connectivity index (χ0v) is 26.4. The molecule has 1 amide bonds. The standard InChI is InChI=1S/C33H24BrCl2F3NO2P/c34-43(24-12-4-1-5-13-24,25-14-6-2-7-15-25,26-16-8-3-9-17-26)22-23-20-31(42-30-19-11-10-18-27(30)35)28(36)21-29(23)40-32(41)33(37,38)39/h1-21H,22H2,(H,40,41). The molecule has 0 aliphatic heterocycles. The minimum absolute atomic E-state index is 0.00448. The van der Waals surface area contributed by atoms with Crippen LogP contribution >= 0.6 is 44.0 Å². The van der Waals surface area contributed by atoms with Crippen LogP contribution in [0.2, 0.25) is 10.0 Å². The van der Waals surface area contributed by atoms with Crippen molar-refractivity contribution in [1.82, 2.24) is 0 Å². The summed E-state index contributed by atoms with van der Waals surface area (Å²) in [7, 11) is 0. The number of halogens is 6. The first-order valence-electron chi connectivity index (χ1n) is 13.0. The van der Waals surface area contributed by atoms with Crippen molar-refractivity contribution in [1.29, 1.82) is 0 Å². The number of hydrogen-bond acceptors (Lipinski definition) is 2.